The van der Waals surface area contributed by atoms with E-state index in [1.165, 1.54) is 0 Å². The van der Waals surface area contributed by atoms with E-state index in [4.69, 9.17) is 5.73 Å². The summed E-state index contributed by atoms with van der Waals surface area (Å²) in [6.45, 7) is 7.94. The second-order valence-corrected chi connectivity index (χ2v) is 5.15. The number of aromatic amines is 1. The molecule has 1 aromatic heterocycles. The van der Waals surface area contributed by atoms with Crippen molar-refractivity contribution in [1.29, 1.82) is 0 Å². The lowest BCUT2D eigenvalue weighted by Crippen LogP contribution is -2.38. The van der Waals surface area contributed by atoms with Gasteiger partial charge in [-0.2, -0.15) is 5.10 Å². The summed E-state index contributed by atoms with van der Waals surface area (Å²) in [4.78, 5) is 11.7. The third-order valence-corrected chi connectivity index (χ3v) is 2.61. The van der Waals surface area contributed by atoms with Crippen LogP contribution in [0.3, 0.4) is 0 Å². The number of nitrogens with zero attached hydrogens (tertiary/aromatic N) is 1. The normalized spacial score (nSPS) is 13.6. The van der Waals surface area contributed by atoms with Crippen molar-refractivity contribution in [3.8, 4) is 0 Å². The van der Waals surface area contributed by atoms with E-state index >= 15 is 0 Å². The Bertz CT molecular complexity index is 364. The molecule has 1 atom stereocenters. The average Bonchev–Trinajstić information content (AvgIpc) is 2.50. The first-order valence-corrected chi connectivity index (χ1v) is 5.36. The van der Waals surface area contributed by atoms with Crippen LogP contribution in [0.4, 0.5) is 5.82 Å². The Hall–Kier alpha value is -1.36. The van der Waals surface area contributed by atoms with Gasteiger partial charge in [-0.25, -0.2) is 0 Å². The monoisotopic (exact) mass is 224 g/mol. The van der Waals surface area contributed by atoms with Crippen LogP contribution in [0.1, 0.15) is 32.8 Å². The third-order valence-electron chi connectivity index (χ3n) is 2.61. The number of hydrogen-bond donors (Lipinski definition) is 3. The molecule has 0 aliphatic heterocycles. The number of carbonyl (C=O) groups is 1. The number of carbonyl (C=O) groups excluding carboxylic acids is 1. The maximum absolute atomic E-state index is 11.7. The van der Waals surface area contributed by atoms with Crippen LogP contribution < -0.4 is 11.1 Å². The smallest absolute Gasteiger partial charge is 0.227 e. The van der Waals surface area contributed by atoms with Crippen LogP contribution in [-0.4, -0.2) is 22.1 Å². The van der Waals surface area contributed by atoms with Gasteiger partial charge in [-0.3, -0.25) is 9.89 Å². The number of hydrogen-bond acceptors (Lipinski definition) is 3. The molecule has 90 valence electrons. The minimum absolute atomic E-state index is 0.0691. The molecule has 1 rings (SSSR count). The molecule has 5 heteroatoms. The second kappa shape index (κ2) is 4.65. The standard InChI is InChI=1S/C11H20N4O/c1-7-6-13-15-10(7)14-9(16)5-8(12)11(2,3)4/h6,8H,5,12H2,1-4H3,(H2,13,14,15,16). The maximum atomic E-state index is 11.7. The number of anilines is 1. The molecule has 1 heterocycles. The number of amides is 1. The molecule has 0 fully saturated rings. The number of nitrogens with one attached hydrogen (secondary N) is 2. The van der Waals surface area contributed by atoms with Gasteiger partial charge in [0, 0.05) is 18.0 Å². The topological polar surface area (TPSA) is 83.8 Å². The second-order valence-electron chi connectivity index (χ2n) is 5.15. The lowest BCUT2D eigenvalue weighted by Gasteiger charge is -2.26. The van der Waals surface area contributed by atoms with Crippen molar-refractivity contribution >= 4 is 11.7 Å². The zero-order valence-electron chi connectivity index (χ0n) is 10.3. The lowest BCUT2D eigenvalue weighted by molar-refractivity contribution is -0.117. The highest BCUT2D eigenvalue weighted by molar-refractivity contribution is 5.90. The van der Waals surface area contributed by atoms with Crippen molar-refractivity contribution in [2.24, 2.45) is 11.1 Å². The predicted molar refractivity (Wildman–Crippen MR) is 64.0 cm³/mol. The molecule has 0 bridgehead atoms. The van der Waals surface area contributed by atoms with E-state index in [9.17, 15) is 4.79 Å². The minimum atomic E-state index is -0.157. The molecule has 4 N–H and O–H groups in total. The van der Waals surface area contributed by atoms with Crippen LogP contribution >= 0.6 is 0 Å². The van der Waals surface area contributed by atoms with Crippen molar-refractivity contribution < 1.29 is 4.79 Å². The Labute approximate surface area is 95.8 Å². The molecule has 1 aromatic rings. The summed E-state index contributed by atoms with van der Waals surface area (Å²) in [6.07, 6.45) is 1.97. The first-order chi connectivity index (χ1) is 7.30. The molecule has 1 unspecified atom stereocenters. The summed E-state index contributed by atoms with van der Waals surface area (Å²) in [5.74, 6) is 0.556. The highest BCUT2D eigenvalue weighted by Gasteiger charge is 2.23. The Morgan fingerprint density at radius 1 is 1.62 bits per heavy atom. The molecule has 0 aliphatic carbocycles. The van der Waals surface area contributed by atoms with Crippen molar-refractivity contribution in [3.05, 3.63) is 11.8 Å². The Balaban J connectivity index is 2.52. The molecule has 0 aromatic carbocycles. The summed E-state index contributed by atoms with van der Waals surface area (Å²) in [6, 6.07) is -0.157. The van der Waals surface area contributed by atoms with E-state index in [1.807, 2.05) is 27.7 Å². The summed E-state index contributed by atoms with van der Waals surface area (Å²) in [7, 11) is 0. The van der Waals surface area contributed by atoms with Crippen molar-refractivity contribution in [2.45, 2.75) is 40.2 Å². The number of H-pyrrole nitrogens is 1. The molecule has 5 nitrogen and oxygen atoms in total. The Morgan fingerprint density at radius 3 is 2.69 bits per heavy atom. The lowest BCUT2D eigenvalue weighted by atomic mass is 9.85. The fraction of sp³-hybridized carbons (Fsp3) is 0.636. The predicted octanol–water partition coefficient (Wildman–Crippen LogP) is 1.42. The van der Waals surface area contributed by atoms with Crippen LogP contribution in [0, 0.1) is 12.3 Å². The largest absolute Gasteiger partial charge is 0.327 e. The van der Waals surface area contributed by atoms with Gasteiger partial charge in [0.25, 0.3) is 0 Å². The van der Waals surface area contributed by atoms with E-state index in [2.05, 4.69) is 15.5 Å². The molecule has 0 saturated carbocycles. The molecule has 1 amide bonds. The number of rotatable bonds is 3. The zero-order valence-corrected chi connectivity index (χ0v) is 10.3. The molecular weight excluding hydrogens is 204 g/mol. The van der Waals surface area contributed by atoms with Gasteiger partial charge in [0.05, 0.1) is 6.20 Å². The van der Waals surface area contributed by atoms with Crippen LogP contribution in [0.2, 0.25) is 0 Å². The molecular formula is C11H20N4O. The van der Waals surface area contributed by atoms with E-state index in [0.29, 0.717) is 12.2 Å². The number of aryl methyl sites for hydroxylation is 1. The van der Waals surface area contributed by atoms with E-state index < -0.39 is 0 Å². The summed E-state index contributed by atoms with van der Waals surface area (Å²) in [5.41, 5.74) is 6.78. The van der Waals surface area contributed by atoms with E-state index in [1.54, 1.807) is 6.20 Å². The highest BCUT2D eigenvalue weighted by atomic mass is 16.1. The van der Waals surface area contributed by atoms with Crippen LogP contribution in [0.15, 0.2) is 6.20 Å². The van der Waals surface area contributed by atoms with Gasteiger partial charge in [-0.1, -0.05) is 20.8 Å². The van der Waals surface area contributed by atoms with Crippen molar-refractivity contribution in [2.75, 3.05) is 5.32 Å². The molecule has 0 aliphatic rings. The molecule has 0 saturated heterocycles. The van der Waals surface area contributed by atoms with Crippen LogP contribution in [-0.2, 0) is 4.79 Å². The first-order valence-electron chi connectivity index (χ1n) is 5.36. The number of aromatic nitrogens is 2. The maximum Gasteiger partial charge on any atom is 0.227 e. The molecule has 0 radical (unpaired) electrons. The quantitative estimate of drug-likeness (QED) is 0.726. The summed E-state index contributed by atoms with van der Waals surface area (Å²) < 4.78 is 0. The van der Waals surface area contributed by atoms with Gasteiger partial charge in [-0.15, -0.1) is 0 Å². The van der Waals surface area contributed by atoms with Gasteiger partial charge < -0.3 is 11.1 Å². The van der Waals surface area contributed by atoms with Crippen LogP contribution in [0.25, 0.3) is 0 Å². The fourth-order valence-electron chi connectivity index (χ4n) is 1.17. The van der Waals surface area contributed by atoms with Crippen molar-refractivity contribution in [1.82, 2.24) is 10.2 Å². The minimum Gasteiger partial charge on any atom is -0.327 e. The Morgan fingerprint density at radius 2 is 2.25 bits per heavy atom. The average molecular weight is 224 g/mol. The molecule has 0 spiro atoms. The van der Waals surface area contributed by atoms with Crippen LogP contribution in [0.5, 0.6) is 0 Å². The van der Waals surface area contributed by atoms with Gasteiger partial charge in [-0.05, 0) is 12.3 Å². The van der Waals surface area contributed by atoms with Gasteiger partial charge in [0.15, 0.2) is 0 Å². The summed E-state index contributed by atoms with van der Waals surface area (Å²) >= 11 is 0. The van der Waals surface area contributed by atoms with E-state index in [-0.39, 0.29) is 17.4 Å². The third kappa shape index (κ3) is 3.34. The van der Waals surface area contributed by atoms with Crippen molar-refractivity contribution in [3.63, 3.8) is 0 Å². The van der Waals surface area contributed by atoms with Gasteiger partial charge in [0.1, 0.15) is 5.82 Å². The fourth-order valence-corrected chi connectivity index (χ4v) is 1.17. The first kappa shape index (κ1) is 12.7. The summed E-state index contributed by atoms with van der Waals surface area (Å²) in [5, 5.41) is 9.31. The SMILES string of the molecule is Cc1cn[nH]c1NC(=O)CC(N)C(C)(C)C. The highest BCUT2D eigenvalue weighted by Crippen LogP contribution is 2.20. The van der Waals surface area contributed by atoms with Gasteiger partial charge >= 0.3 is 0 Å². The Kier molecular flexibility index (Phi) is 3.70. The van der Waals surface area contributed by atoms with Gasteiger partial charge in [0.2, 0.25) is 5.91 Å². The van der Waals surface area contributed by atoms with E-state index in [0.717, 1.165) is 5.56 Å². The number of nitrogens with two attached hydrogens (primary N) is 1. The molecule has 16 heavy (non-hydrogen) atoms. The zero-order chi connectivity index (χ0) is 12.3.